The molecule has 5 nitrogen and oxygen atoms in total. The smallest absolute Gasteiger partial charge is 0.114 e. The van der Waals surface area contributed by atoms with E-state index in [1.807, 2.05) is 0 Å². The van der Waals surface area contributed by atoms with Crippen molar-refractivity contribution in [2.75, 3.05) is 26.4 Å². The average Bonchev–Trinajstić information content (AvgIpc) is 2.98. The highest BCUT2D eigenvalue weighted by Crippen LogP contribution is 2.27. The van der Waals surface area contributed by atoms with Gasteiger partial charge in [-0.05, 0) is 0 Å². The first kappa shape index (κ1) is 9.36. The van der Waals surface area contributed by atoms with Crippen molar-refractivity contribution in [2.24, 2.45) is 0 Å². The van der Waals surface area contributed by atoms with Gasteiger partial charge in [0.25, 0.3) is 0 Å². The van der Waals surface area contributed by atoms with Gasteiger partial charge in [-0.1, -0.05) is 0 Å². The molecule has 0 saturated carbocycles. The van der Waals surface area contributed by atoms with Crippen molar-refractivity contribution in [3.63, 3.8) is 0 Å². The maximum Gasteiger partial charge on any atom is 0.114 e. The average molecular weight is 190 g/mol. The first-order chi connectivity index (χ1) is 6.31. The number of aliphatic hydroxyl groups is 2. The third-order valence-corrected chi connectivity index (χ3v) is 2.14. The van der Waals surface area contributed by atoms with Crippen LogP contribution in [0.5, 0.6) is 0 Å². The topological polar surface area (TPSA) is 74.8 Å². The number of rotatable bonds is 6. The lowest BCUT2D eigenvalue weighted by Crippen LogP contribution is -2.31. The van der Waals surface area contributed by atoms with E-state index in [1.165, 1.54) is 0 Å². The molecule has 0 amide bonds. The Labute approximate surface area is 76.2 Å². The van der Waals surface area contributed by atoms with Crippen LogP contribution in [0.1, 0.15) is 0 Å². The molecule has 76 valence electrons. The Balaban J connectivity index is 1.70. The van der Waals surface area contributed by atoms with Gasteiger partial charge in [0.1, 0.15) is 24.4 Å². The predicted octanol–water partition coefficient (Wildman–Crippen LogP) is -1.48. The summed E-state index contributed by atoms with van der Waals surface area (Å²) in [5.74, 6) is 0. The van der Waals surface area contributed by atoms with Crippen LogP contribution < -0.4 is 0 Å². The molecule has 2 aliphatic heterocycles. The van der Waals surface area contributed by atoms with E-state index in [1.54, 1.807) is 0 Å². The van der Waals surface area contributed by atoms with Gasteiger partial charge in [-0.25, -0.2) is 0 Å². The van der Waals surface area contributed by atoms with E-state index in [4.69, 9.17) is 24.4 Å². The normalized spacial score (nSPS) is 35.5. The molecule has 2 rings (SSSR count). The van der Waals surface area contributed by atoms with Gasteiger partial charge in [-0.3, -0.25) is 0 Å². The van der Waals surface area contributed by atoms with Crippen LogP contribution in [0.15, 0.2) is 0 Å². The molecule has 2 fully saturated rings. The minimum Gasteiger partial charge on any atom is -0.394 e. The van der Waals surface area contributed by atoms with Crippen molar-refractivity contribution in [1.82, 2.24) is 0 Å². The maximum absolute atomic E-state index is 9.05. The Morgan fingerprint density at radius 2 is 1.85 bits per heavy atom. The van der Waals surface area contributed by atoms with E-state index in [9.17, 15) is 0 Å². The van der Waals surface area contributed by atoms with Crippen LogP contribution in [0.2, 0.25) is 0 Å². The molecule has 0 aromatic rings. The fraction of sp³-hybridized carbons (Fsp3) is 1.00. The second-order valence-electron chi connectivity index (χ2n) is 3.38. The first-order valence-corrected chi connectivity index (χ1v) is 4.45. The summed E-state index contributed by atoms with van der Waals surface area (Å²) in [5, 5.41) is 17.6. The third kappa shape index (κ3) is 2.62. The minimum absolute atomic E-state index is 0.0683. The van der Waals surface area contributed by atoms with E-state index >= 15 is 0 Å². The zero-order valence-electron chi connectivity index (χ0n) is 7.26. The molecule has 2 heterocycles. The van der Waals surface area contributed by atoms with Crippen molar-refractivity contribution in [2.45, 2.75) is 24.4 Å². The minimum atomic E-state index is -0.806. The monoisotopic (exact) mass is 190 g/mol. The van der Waals surface area contributed by atoms with Gasteiger partial charge >= 0.3 is 0 Å². The van der Waals surface area contributed by atoms with Crippen molar-refractivity contribution >= 4 is 0 Å². The molecule has 13 heavy (non-hydrogen) atoms. The van der Waals surface area contributed by atoms with E-state index in [0.29, 0.717) is 13.2 Å². The second-order valence-corrected chi connectivity index (χ2v) is 3.38. The van der Waals surface area contributed by atoms with Crippen molar-refractivity contribution in [3.8, 4) is 0 Å². The van der Waals surface area contributed by atoms with Crippen LogP contribution >= 0.6 is 0 Å². The van der Waals surface area contributed by atoms with Gasteiger partial charge < -0.3 is 24.4 Å². The second kappa shape index (κ2) is 3.89. The number of epoxide rings is 2. The van der Waals surface area contributed by atoms with Gasteiger partial charge in [-0.2, -0.15) is 0 Å². The zero-order valence-corrected chi connectivity index (χ0v) is 7.26. The molecule has 0 bridgehead atoms. The molecule has 2 N–H and O–H groups in total. The van der Waals surface area contributed by atoms with E-state index in [-0.39, 0.29) is 31.5 Å². The summed E-state index contributed by atoms with van der Waals surface area (Å²) >= 11 is 0. The molecule has 2 saturated heterocycles. The molecular weight excluding hydrogens is 176 g/mol. The molecule has 5 heteroatoms. The van der Waals surface area contributed by atoms with Gasteiger partial charge in [0.15, 0.2) is 0 Å². The highest BCUT2D eigenvalue weighted by Gasteiger charge is 2.45. The van der Waals surface area contributed by atoms with Crippen LogP contribution in [0, 0.1) is 0 Å². The predicted molar refractivity (Wildman–Crippen MR) is 42.3 cm³/mol. The highest BCUT2D eigenvalue weighted by molar-refractivity contribution is 4.91. The fourth-order valence-corrected chi connectivity index (χ4v) is 1.22. The number of ether oxygens (including phenoxy) is 3. The van der Waals surface area contributed by atoms with Crippen molar-refractivity contribution < 1.29 is 24.4 Å². The van der Waals surface area contributed by atoms with Gasteiger partial charge in [0, 0.05) is 0 Å². The Morgan fingerprint density at radius 1 is 1.31 bits per heavy atom. The standard InChI is InChI=1S/C8H14O5/c9-1-5(10)2-13-8(6-3-11-6)7-4-12-7/h5-10H,1-4H2. The van der Waals surface area contributed by atoms with Gasteiger partial charge in [0.05, 0.1) is 26.4 Å². The maximum atomic E-state index is 9.05. The SMILES string of the molecule is OCC(O)COC(C1CO1)C1CO1. The van der Waals surface area contributed by atoms with Crippen LogP contribution in [0.4, 0.5) is 0 Å². The highest BCUT2D eigenvalue weighted by atomic mass is 16.6. The van der Waals surface area contributed by atoms with E-state index in [0.717, 1.165) is 0 Å². The Morgan fingerprint density at radius 3 is 2.23 bits per heavy atom. The van der Waals surface area contributed by atoms with Crippen molar-refractivity contribution in [3.05, 3.63) is 0 Å². The summed E-state index contributed by atoms with van der Waals surface area (Å²) in [7, 11) is 0. The van der Waals surface area contributed by atoms with E-state index in [2.05, 4.69) is 0 Å². The molecule has 0 radical (unpaired) electrons. The van der Waals surface area contributed by atoms with Crippen molar-refractivity contribution in [1.29, 1.82) is 0 Å². The lowest BCUT2D eigenvalue weighted by atomic mass is 10.2. The number of hydrogen-bond acceptors (Lipinski definition) is 5. The Hall–Kier alpha value is -0.200. The largest absolute Gasteiger partial charge is 0.394 e. The number of aliphatic hydroxyl groups excluding tert-OH is 2. The lowest BCUT2D eigenvalue weighted by Gasteiger charge is -2.15. The molecule has 0 aromatic heterocycles. The summed E-state index contributed by atoms with van der Waals surface area (Å²) in [6.07, 6.45) is -0.627. The molecule has 3 unspecified atom stereocenters. The van der Waals surface area contributed by atoms with Crippen LogP contribution in [-0.4, -0.2) is 61.1 Å². The number of hydrogen-bond donors (Lipinski definition) is 2. The lowest BCUT2D eigenvalue weighted by molar-refractivity contribution is -0.0456. The van der Waals surface area contributed by atoms with Gasteiger partial charge in [-0.15, -0.1) is 0 Å². The first-order valence-electron chi connectivity index (χ1n) is 4.45. The van der Waals surface area contributed by atoms with E-state index < -0.39 is 6.10 Å². The summed E-state index contributed by atoms with van der Waals surface area (Å²) in [4.78, 5) is 0. The summed E-state index contributed by atoms with van der Waals surface area (Å²) < 4.78 is 15.6. The quantitative estimate of drug-likeness (QED) is 0.500. The Bertz CT molecular complexity index is 154. The molecule has 3 atom stereocenters. The fourth-order valence-electron chi connectivity index (χ4n) is 1.22. The van der Waals surface area contributed by atoms with Crippen LogP contribution in [0.3, 0.4) is 0 Å². The summed E-state index contributed by atoms with van der Waals surface area (Å²) in [6.45, 7) is 1.28. The molecule has 0 aliphatic carbocycles. The molecule has 0 aromatic carbocycles. The molecule has 0 spiro atoms. The summed E-state index contributed by atoms with van der Waals surface area (Å²) in [6, 6.07) is 0. The Kier molecular flexibility index (Phi) is 2.80. The summed E-state index contributed by atoms with van der Waals surface area (Å²) in [5.41, 5.74) is 0. The third-order valence-electron chi connectivity index (χ3n) is 2.14. The zero-order chi connectivity index (χ0) is 9.26. The van der Waals surface area contributed by atoms with Crippen LogP contribution in [-0.2, 0) is 14.2 Å². The molecule has 2 aliphatic rings. The van der Waals surface area contributed by atoms with Crippen LogP contribution in [0.25, 0.3) is 0 Å². The molecular formula is C8H14O5. The van der Waals surface area contributed by atoms with Gasteiger partial charge in [0.2, 0.25) is 0 Å².